The molecule has 5 nitrogen and oxygen atoms in total. The molecule has 0 atom stereocenters. The number of amides is 1. The van der Waals surface area contributed by atoms with Crippen LogP contribution in [0.2, 0.25) is 0 Å². The lowest BCUT2D eigenvalue weighted by atomic mass is 10.1. The van der Waals surface area contributed by atoms with Crippen LogP contribution in [0.1, 0.15) is 16.8 Å². The number of aryl methyl sites for hydroxylation is 1. The van der Waals surface area contributed by atoms with Gasteiger partial charge in [0.1, 0.15) is 11.4 Å². The highest BCUT2D eigenvalue weighted by Crippen LogP contribution is 2.27. The fraction of sp³-hybridized carbons (Fsp3) is 0.308. The minimum Gasteiger partial charge on any atom is -0.496 e. The van der Waals surface area contributed by atoms with Gasteiger partial charge in [-0.05, 0) is 13.8 Å². The van der Waals surface area contributed by atoms with E-state index in [-0.39, 0.29) is 5.91 Å². The molecule has 0 bridgehead atoms. The van der Waals surface area contributed by atoms with Crippen molar-refractivity contribution < 1.29 is 9.53 Å². The Bertz CT molecular complexity index is 581. The number of nitrogens with zero attached hydrogens (tertiary/aromatic N) is 2. The Kier molecular flexibility index (Phi) is 3.90. The zero-order valence-corrected chi connectivity index (χ0v) is 11.9. The van der Waals surface area contributed by atoms with Crippen LogP contribution in [0.5, 0.6) is 5.75 Å². The maximum atomic E-state index is 11.2. The van der Waals surface area contributed by atoms with Gasteiger partial charge in [-0.15, -0.1) is 0 Å². The van der Waals surface area contributed by atoms with Crippen molar-refractivity contribution >= 4 is 22.8 Å². The summed E-state index contributed by atoms with van der Waals surface area (Å²) >= 11 is 1.42. The van der Waals surface area contributed by atoms with E-state index in [1.54, 1.807) is 13.3 Å². The van der Waals surface area contributed by atoms with Crippen LogP contribution < -0.4 is 10.1 Å². The Morgan fingerprint density at radius 2 is 2.21 bits per heavy atom. The van der Waals surface area contributed by atoms with Crippen LogP contribution >= 0.6 is 11.8 Å². The second kappa shape index (κ2) is 5.44. The van der Waals surface area contributed by atoms with Crippen LogP contribution in [0.4, 0.5) is 0 Å². The Labute approximate surface area is 116 Å². The molecule has 100 valence electrons. The topological polar surface area (TPSA) is 63.6 Å². The summed E-state index contributed by atoms with van der Waals surface area (Å²) in [6.07, 6.45) is 1.79. The molecule has 0 aromatic carbocycles. The number of ether oxygens (including phenoxy) is 1. The molecular weight excluding hydrogens is 262 g/mol. The number of thioether (sulfide) groups is 1. The molecule has 0 saturated heterocycles. The van der Waals surface area contributed by atoms with E-state index >= 15 is 0 Å². The van der Waals surface area contributed by atoms with E-state index in [4.69, 9.17) is 4.74 Å². The fourth-order valence-corrected chi connectivity index (χ4v) is 2.70. The van der Waals surface area contributed by atoms with Crippen molar-refractivity contribution in [2.24, 2.45) is 4.99 Å². The van der Waals surface area contributed by atoms with Gasteiger partial charge in [0.05, 0.1) is 12.8 Å². The van der Waals surface area contributed by atoms with Gasteiger partial charge in [0, 0.05) is 23.1 Å². The summed E-state index contributed by atoms with van der Waals surface area (Å²) in [6, 6.07) is 0. The van der Waals surface area contributed by atoms with Crippen molar-refractivity contribution in [3.05, 3.63) is 35.3 Å². The molecule has 1 aliphatic rings. The first kappa shape index (κ1) is 13.6. The number of methoxy groups -OCH3 is 1. The summed E-state index contributed by atoms with van der Waals surface area (Å²) in [5, 5.41) is 3.41. The van der Waals surface area contributed by atoms with E-state index in [1.165, 1.54) is 11.8 Å². The number of hydrogen-bond donors (Lipinski definition) is 1. The molecule has 0 unspecified atom stereocenters. The van der Waals surface area contributed by atoms with Gasteiger partial charge in [-0.25, -0.2) is 0 Å². The smallest absolute Gasteiger partial charge is 0.295 e. The monoisotopic (exact) mass is 277 g/mol. The van der Waals surface area contributed by atoms with Crippen molar-refractivity contribution in [3.8, 4) is 5.75 Å². The Balaban J connectivity index is 2.11. The van der Waals surface area contributed by atoms with Gasteiger partial charge in [0.15, 0.2) is 5.17 Å². The quantitative estimate of drug-likeness (QED) is 0.855. The molecule has 0 aliphatic carbocycles. The predicted octanol–water partition coefficient (Wildman–Crippen LogP) is 1.94. The first-order valence-electron chi connectivity index (χ1n) is 5.73. The number of pyridine rings is 1. The molecule has 1 N–H and O–H groups in total. The normalized spacial score (nSPS) is 14.4. The number of nitrogens with one attached hydrogen (secondary N) is 1. The third kappa shape index (κ3) is 2.78. The number of hydrogen-bond acceptors (Lipinski definition) is 5. The van der Waals surface area contributed by atoms with Crippen LogP contribution in [0, 0.1) is 13.8 Å². The fourth-order valence-electron chi connectivity index (χ4n) is 1.79. The molecule has 1 aliphatic heterocycles. The summed E-state index contributed by atoms with van der Waals surface area (Å²) in [7, 11) is 1.65. The van der Waals surface area contributed by atoms with Gasteiger partial charge in [-0.1, -0.05) is 18.3 Å². The molecule has 0 spiro atoms. The van der Waals surface area contributed by atoms with E-state index in [1.807, 2.05) is 13.8 Å². The van der Waals surface area contributed by atoms with Crippen molar-refractivity contribution in [1.29, 1.82) is 0 Å². The third-order valence-corrected chi connectivity index (χ3v) is 3.70. The molecule has 2 heterocycles. The van der Waals surface area contributed by atoms with Gasteiger partial charge in [-0.3, -0.25) is 9.78 Å². The summed E-state index contributed by atoms with van der Waals surface area (Å²) in [4.78, 5) is 19.4. The van der Waals surface area contributed by atoms with E-state index in [0.29, 0.717) is 16.6 Å². The Morgan fingerprint density at radius 3 is 2.79 bits per heavy atom. The third-order valence-electron chi connectivity index (χ3n) is 2.81. The standard InChI is InChI=1S/C13H15N3O2S/c1-7-5-14-10(8(2)11(7)18-4)6-19-13-15-9(3)12(17)16-13/h5H,3,6H2,1-2,4H3,(H,15,16,17). The van der Waals surface area contributed by atoms with E-state index in [9.17, 15) is 4.79 Å². The summed E-state index contributed by atoms with van der Waals surface area (Å²) in [6.45, 7) is 7.51. The molecule has 6 heteroatoms. The zero-order valence-electron chi connectivity index (χ0n) is 11.1. The molecule has 0 radical (unpaired) electrons. The molecule has 1 aromatic rings. The first-order valence-corrected chi connectivity index (χ1v) is 6.72. The lowest BCUT2D eigenvalue weighted by Crippen LogP contribution is -2.14. The van der Waals surface area contributed by atoms with Crippen LogP contribution in [0.15, 0.2) is 23.5 Å². The minimum atomic E-state index is -0.311. The number of aliphatic imine (C=N–C) groups is 1. The van der Waals surface area contributed by atoms with Crippen molar-refractivity contribution in [3.63, 3.8) is 0 Å². The first-order chi connectivity index (χ1) is 9.02. The van der Waals surface area contributed by atoms with Crippen molar-refractivity contribution in [2.45, 2.75) is 19.6 Å². The molecule has 0 saturated carbocycles. The number of rotatable bonds is 3. The number of carbonyl (C=O) groups excluding carboxylic acids is 1. The van der Waals surface area contributed by atoms with Gasteiger partial charge >= 0.3 is 0 Å². The van der Waals surface area contributed by atoms with Crippen molar-refractivity contribution in [1.82, 2.24) is 10.3 Å². The summed E-state index contributed by atoms with van der Waals surface area (Å²) < 4.78 is 5.36. The highest BCUT2D eigenvalue weighted by atomic mass is 32.2. The highest BCUT2D eigenvalue weighted by Gasteiger charge is 2.18. The van der Waals surface area contributed by atoms with Crippen LogP contribution in [0.3, 0.4) is 0 Å². The average Bonchev–Trinajstić information content (AvgIpc) is 2.68. The molecule has 1 aromatic heterocycles. The second-order valence-corrected chi connectivity index (χ2v) is 5.12. The summed E-state index contributed by atoms with van der Waals surface area (Å²) in [5.74, 6) is 1.16. The zero-order chi connectivity index (χ0) is 14.0. The maximum Gasteiger partial charge on any atom is 0.295 e. The van der Waals surface area contributed by atoms with Crippen LogP contribution in [-0.2, 0) is 10.5 Å². The molecule has 2 rings (SSSR count). The van der Waals surface area contributed by atoms with E-state index < -0.39 is 0 Å². The molecule has 19 heavy (non-hydrogen) atoms. The predicted molar refractivity (Wildman–Crippen MR) is 76.3 cm³/mol. The second-order valence-electron chi connectivity index (χ2n) is 4.16. The van der Waals surface area contributed by atoms with E-state index in [0.717, 1.165) is 22.6 Å². The molecule has 1 amide bonds. The Hall–Kier alpha value is -1.82. The van der Waals surface area contributed by atoms with Crippen molar-refractivity contribution in [2.75, 3.05) is 7.11 Å². The molecule has 0 fully saturated rings. The lowest BCUT2D eigenvalue weighted by Gasteiger charge is -2.11. The number of carbonyl (C=O) groups is 1. The minimum absolute atomic E-state index is 0.311. The highest BCUT2D eigenvalue weighted by molar-refractivity contribution is 8.13. The SMILES string of the molecule is C=C1NC(SCc2ncc(C)c(OC)c2C)=NC1=O. The largest absolute Gasteiger partial charge is 0.496 e. The maximum absolute atomic E-state index is 11.2. The van der Waals surface area contributed by atoms with Gasteiger partial charge in [0.2, 0.25) is 0 Å². The number of amidine groups is 1. The number of aromatic nitrogens is 1. The lowest BCUT2D eigenvalue weighted by molar-refractivity contribution is -0.114. The van der Waals surface area contributed by atoms with Gasteiger partial charge < -0.3 is 10.1 Å². The van der Waals surface area contributed by atoms with Crippen LogP contribution in [-0.4, -0.2) is 23.2 Å². The Morgan fingerprint density at radius 1 is 1.47 bits per heavy atom. The average molecular weight is 277 g/mol. The van der Waals surface area contributed by atoms with Gasteiger partial charge in [-0.2, -0.15) is 4.99 Å². The van der Waals surface area contributed by atoms with Crippen LogP contribution in [0.25, 0.3) is 0 Å². The van der Waals surface area contributed by atoms with E-state index in [2.05, 4.69) is 21.9 Å². The van der Waals surface area contributed by atoms with Gasteiger partial charge in [0.25, 0.3) is 5.91 Å². The summed E-state index contributed by atoms with van der Waals surface area (Å²) in [5.41, 5.74) is 3.25. The molecular formula is C13H15N3O2S.